The largest absolute Gasteiger partial charge is 0.458 e. The molecule has 6 aromatic heterocycles. The molecule has 0 atom stereocenters. The lowest BCUT2D eigenvalue weighted by molar-refractivity contribution is 0.449. The van der Waals surface area contributed by atoms with Gasteiger partial charge in [-0.25, -0.2) is 19.9 Å². The van der Waals surface area contributed by atoms with E-state index in [4.69, 9.17) is 37.7 Å². The van der Waals surface area contributed by atoms with Crippen molar-refractivity contribution in [2.45, 2.75) is 52.4 Å². The summed E-state index contributed by atoms with van der Waals surface area (Å²) >= 11 is 3.80. The van der Waals surface area contributed by atoms with E-state index in [1.54, 1.807) is 0 Å². The molecule has 2 aliphatic rings. The van der Waals surface area contributed by atoms with Gasteiger partial charge in [-0.3, -0.25) is 9.13 Å². The number of para-hydroxylation sites is 6. The van der Waals surface area contributed by atoms with E-state index >= 15 is 0 Å². The van der Waals surface area contributed by atoms with Crippen LogP contribution in [0.15, 0.2) is 256 Å². The summed E-state index contributed by atoms with van der Waals surface area (Å²) < 4.78 is 44.0. The summed E-state index contributed by atoms with van der Waals surface area (Å²) in [4.78, 5) is 18.8. The van der Waals surface area contributed by atoms with Gasteiger partial charge in [-0.1, -0.05) is 120 Å². The number of rotatable bonds is 8. The Hall–Kier alpha value is -11.2. The Kier molecular flexibility index (Phi) is 13.3. The molecular weight excluding hydrogens is 1230 g/mol. The molecule has 0 N–H and O–H groups in total. The van der Waals surface area contributed by atoms with Crippen molar-refractivity contribution in [2.75, 3.05) is 0 Å². The molecule has 454 valence electrons. The predicted molar refractivity (Wildman–Crippen MR) is 379 cm³/mol. The quantitative estimate of drug-likeness (QED) is 0.136. The summed E-state index contributed by atoms with van der Waals surface area (Å²) in [5.41, 5.74) is 14.5. The molecule has 0 saturated carbocycles. The zero-order chi connectivity index (χ0) is 63.6. The minimum atomic E-state index is -0.145. The van der Waals surface area contributed by atoms with Crippen molar-refractivity contribution in [3.8, 4) is 80.5 Å². The van der Waals surface area contributed by atoms with E-state index in [-0.39, 0.29) is 17.5 Å². The summed E-state index contributed by atoms with van der Waals surface area (Å²) in [6, 6.07) is 77.7. The van der Waals surface area contributed by atoms with Gasteiger partial charge < -0.3 is 27.8 Å². The first-order valence-corrected chi connectivity index (χ1v) is 32.1. The Bertz CT molecular complexity index is 5610. The van der Waals surface area contributed by atoms with Crippen LogP contribution in [0, 0.1) is 0 Å². The predicted octanol–water partition coefficient (Wildman–Crippen LogP) is 19.6. The maximum atomic E-state index is 6.87. The van der Waals surface area contributed by atoms with Gasteiger partial charge in [-0.15, -0.1) is 0 Å². The number of hydrogen-bond acceptors (Lipinski definition) is 10. The van der Waals surface area contributed by atoms with Crippen molar-refractivity contribution >= 4 is 105 Å². The molecule has 14 heteroatoms. The van der Waals surface area contributed by atoms with Crippen molar-refractivity contribution in [3.63, 3.8) is 0 Å². The molecule has 8 heterocycles. The second kappa shape index (κ2) is 22.0. The zero-order valence-electron chi connectivity index (χ0n) is 52.2. The molecule has 18 rings (SSSR count). The van der Waals surface area contributed by atoms with Gasteiger partial charge in [0.15, 0.2) is 11.2 Å². The Morgan fingerprint density at radius 1 is 0.404 bits per heavy atom. The minimum Gasteiger partial charge on any atom is -0.458 e. The molecule has 16 aromatic rings. The number of nitrogens with zero attached hydrogens (tertiary/aromatic N) is 6. The fourth-order valence-corrected chi connectivity index (χ4v) is 13.5. The van der Waals surface area contributed by atoms with Crippen LogP contribution in [-0.2, 0) is 10.8 Å². The summed E-state index contributed by atoms with van der Waals surface area (Å²) in [7, 11) is 0. The van der Waals surface area contributed by atoms with Crippen molar-refractivity contribution < 1.29 is 27.8 Å². The second-order valence-corrected chi connectivity index (χ2v) is 26.7. The van der Waals surface area contributed by atoms with E-state index in [1.807, 2.05) is 134 Å². The first-order valence-electron chi connectivity index (χ1n) is 31.4. The molecule has 0 unspecified atom stereocenters. The fourth-order valence-electron chi connectivity index (χ4n) is 13.1. The maximum absolute atomic E-state index is 6.87. The average Bonchev–Trinajstić information content (AvgIpc) is 1.13. The van der Waals surface area contributed by atoms with Crippen molar-refractivity contribution in [3.05, 3.63) is 259 Å². The minimum absolute atomic E-state index is 0.0921. The zero-order valence-corrected chi connectivity index (χ0v) is 53.8. The molecule has 0 amide bonds. The molecule has 0 saturated heterocycles. The van der Waals surface area contributed by atoms with Gasteiger partial charge in [0.1, 0.15) is 73.1 Å². The standard InChI is InChI=1S/C40H28BN3O3.C40H30BrN3O3/c1-40(2,3)24-19-35-38-36(20-24)46-34-21-26-25-10-4-6-12-30(25)44(37-14-8-9-17-42-37)31(26)22-28(34)41(38)27-18-23(15-16-32(27)45-35)39-43-29-11-5-7-13-33(29)47-39;1-40(2,3)26-22-35(45-27-17-15-25(16-18-27)39-43-31-11-5-7-13-34(31)47-39)38(41)36(23-26)46-28-19-20-33-30(24-28)29-10-4-6-12-32(29)44(33)37-14-8-9-21-42-37/h4-22H,1-3H3;4-24H,1-3H3. The molecule has 94 heavy (non-hydrogen) atoms. The molecule has 2 aliphatic heterocycles. The molecule has 0 bridgehead atoms. The highest BCUT2D eigenvalue weighted by Gasteiger charge is 2.42. The van der Waals surface area contributed by atoms with Crippen LogP contribution < -0.4 is 35.3 Å². The Morgan fingerprint density at radius 3 is 1.49 bits per heavy atom. The number of pyridine rings is 2. The molecular formula is C80H58BBrN6O6. The normalized spacial score (nSPS) is 12.6. The molecule has 0 aliphatic carbocycles. The second-order valence-electron chi connectivity index (χ2n) is 25.9. The Morgan fingerprint density at radius 2 is 0.894 bits per heavy atom. The van der Waals surface area contributed by atoms with Gasteiger partial charge in [0.25, 0.3) is 6.71 Å². The number of ether oxygens (including phenoxy) is 4. The van der Waals surface area contributed by atoms with Crippen LogP contribution in [0.1, 0.15) is 52.7 Å². The van der Waals surface area contributed by atoms with E-state index in [1.165, 1.54) is 0 Å². The molecule has 0 radical (unpaired) electrons. The van der Waals surface area contributed by atoms with Gasteiger partial charge >= 0.3 is 0 Å². The van der Waals surface area contributed by atoms with Crippen LogP contribution in [0.4, 0.5) is 0 Å². The number of halogens is 1. The number of fused-ring (bicyclic) bond motifs is 12. The molecule has 10 aromatic carbocycles. The third-order valence-corrected chi connectivity index (χ3v) is 18.6. The van der Waals surface area contributed by atoms with Crippen molar-refractivity contribution in [2.24, 2.45) is 0 Å². The first-order chi connectivity index (χ1) is 45.7. The van der Waals surface area contributed by atoms with E-state index in [2.05, 4.69) is 186 Å². The van der Waals surface area contributed by atoms with Crippen LogP contribution >= 0.6 is 15.9 Å². The topological polar surface area (TPSA) is 125 Å². The van der Waals surface area contributed by atoms with Crippen molar-refractivity contribution in [1.82, 2.24) is 29.1 Å². The van der Waals surface area contributed by atoms with E-state index in [0.29, 0.717) is 29.0 Å². The molecule has 12 nitrogen and oxygen atoms in total. The summed E-state index contributed by atoms with van der Waals surface area (Å²) in [5.74, 6) is 8.96. The highest BCUT2D eigenvalue weighted by Crippen LogP contribution is 2.46. The average molecular weight is 1290 g/mol. The number of oxazole rings is 2. The van der Waals surface area contributed by atoms with Crippen LogP contribution in [-0.4, -0.2) is 35.8 Å². The monoisotopic (exact) mass is 1290 g/mol. The van der Waals surface area contributed by atoms with Crippen molar-refractivity contribution in [1.29, 1.82) is 0 Å². The van der Waals surface area contributed by atoms with Crippen LogP contribution in [0.25, 0.3) is 100 Å². The van der Waals surface area contributed by atoms with E-state index < -0.39 is 0 Å². The van der Waals surface area contributed by atoms with Crippen LogP contribution in [0.5, 0.6) is 46.0 Å². The van der Waals surface area contributed by atoms with E-state index in [9.17, 15) is 0 Å². The van der Waals surface area contributed by atoms with Gasteiger partial charge in [-0.2, -0.15) is 0 Å². The number of hydrogen-bond donors (Lipinski definition) is 0. The van der Waals surface area contributed by atoms with Crippen LogP contribution in [0.2, 0.25) is 0 Å². The number of aromatic nitrogens is 6. The maximum Gasteiger partial charge on any atom is 0.260 e. The van der Waals surface area contributed by atoms with Gasteiger partial charge in [-0.05, 0) is 200 Å². The third-order valence-electron chi connectivity index (χ3n) is 17.8. The van der Waals surface area contributed by atoms with Gasteiger partial charge in [0.05, 0.1) is 22.1 Å². The highest BCUT2D eigenvalue weighted by molar-refractivity contribution is 9.10. The SMILES string of the molecule is CC(C)(C)c1cc(Oc2ccc(-c3nc4ccccc4o3)cc2)c(Br)c(Oc2ccc3c(c2)c2ccccc2n3-c2ccccn2)c1.CC(C)(C)c1cc2c3c(c1)Oc1cc4c5ccccc5n(-c5ccccn5)c4cc1B3c1cc(-c3nc4ccccc4o3)ccc1O2. The Balaban J connectivity index is 0.000000143. The lowest BCUT2D eigenvalue weighted by Gasteiger charge is -2.35. The molecule has 0 fully saturated rings. The first kappa shape index (κ1) is 56.7. The fraction of sp³-hybridized carbons (Fsp3) is 0.100. The van der Waals surface area contributed by atoms with Gasteiger partial charge in [0.2, 0.25) is 11.8 Å². The summed E-state index contributed by atoms with van der Waals surface area (Å²) in [5, 5.41) is 4.49. The molecule has 0 spiro atoms. The summed E-state index contributed by atoms with van der Waals surface area (Å²) in [6.07, 6.45) is 3.66. The van der Waals surface area contributed by atoms with E-state index in [0.717, 1.165) is 149 Å². The third kappa shape index (κ3) is 9.82. The number of benzene rings is 10. The van der Waals surface area contributed by atoms with Crippen LogP contribution in [0.3, 0.4) is 0 Å². The highest BCUT2D eigenvalue weighted by atomic mass is 79.9. The lowest BCUT2D eigenvalue weighted by atomic mass is 9.34. The lowest BCUT2D eigenvalue weighted by Crippen LogP contribution is -2.57. The van der Waals surface area contributed by atoms with Gasteiger partial charge in [0, 0.05) is 50.5 Å². The Labute approximate surface area is 549 Å². The summed E-state index contributed by atoms with van der Waals surface area (Å²) in [6.45, 7) is 13.1. The smallest absolute Gasteiger partial charge is 0.260 e.